The quantitative estimate of drug-likeness (QED) is 0.258. The Hall–Kier alpha value is -4.35. The summed E-state index contributed by atoms with van der Waals surface area (Å²) in [6, 6.07) is 8.61. The topological polar surface area (TPSA) is 159 Å². The zero-order valence-electron chi connectivity index (χ0n) is 16.8. The van der Waals surface area contributed by atoms with Crippen molar-refractivity contribution in [3.8, 4) is 5.75 Å². The zero-order chi connectivity index (χ0) is 23.4. The first-order valence-electron chi connectivity index (χ1n) is 9.28. The number of carbonyl (C=O) groups excluding carboxylic acids is 3. The van der Waals surface area contributed by atoms with Gasteiger partial charge < -0.3 is 14.4 Å². The summed E-state index contributed by atoms with van der Waals surface area (Å²) in [7, 11) is 1.30. The minimum Gasteiger partial charge on any atom is -0.494 e. The lowest BCUT2D eigenvalue weighted by atomic mass is 10.1. The predicted octanol–water partition coefficient (Wildman–Crippen LogP) is 2.29. The number of ketones is 1. The van der Waals surface area contributed by atoms with Crippen LogP contribution in [0.3, 0.4) is 0 Å². The van der Waals surface area contributed by atoms with E-state index in [1.165, 1.54) is 54.5 Å². The Balaban J connectivity index is 1.63. The van der Waals surface area contributed by atoms with Crippen molar-refractivity contribution in [2.24, 2.45) is 5.92 Å². The second kappa shape index (κ2) is 9.20. The minimum atomic E-state index is -0.841. The third-order valence-electron chi connectivity index (χ3n) is 4.87. The number of Topliss-reactive ketones (excluding diaryl/α,β-unsaturated/α-hetero) is 1. The van der Waals surface area contributed by atoms with Gasteiger partial charge in [-0.05, 0) is 18.2 Å². The number of nitro groups is 2. The Bertz CT molecular complexity index is 1100. The summed E-state index contributed by atoms with van der Waals surface area (Å²) in [5, 5.41) is 21.6. The number of carbonyl (C=O) groups is 3. The van der Waals surface area contributed by atoms with Crippen LogP contribution in [0.5, 0.6) is 5.75 Å². The number of nitro benzene ring substituents is 2. The van der Waals surface area contributed by atoms with Gasteiger partial charge in [-0.2, -0.15) is 0 Å². The predicted molar refractivity (Wildman–Crippen MR) is 108 cm³/mol. The monoisotopic (exact) mass is 443 g/mol. The molecule has 1 amide bonds. The van der Waals surface area contributed by atoms with E-state index in [-0.39, 0.29) is 41.3 Å². The van der Waals surface area contributed by atoms with Gasteiger partial charge in [0.25, 0.3) is 11.4 Å². The molecule has 12 heteroatoms. The zero-order valence-corrected chi connectivity index (χ0v) is 16.8. The maximum Gasteiger partial charge on any atom is 0.311 e. The van der Waals surface area contributed by atoms with Gasteiger partial charge in [0.05, 0.1) is 34.6 Å². The van der Waals surface area contributed by atoms with Crippen LogP contribution in [0.1, 0.15) is 16.8 Å². The maximum atomic E-state index is 12.4. The van der Waals surface area contributed by atoms with Crippen molar-refractivity contribution < 1.29 is 33.7 Å². The van der Waals surface area contributed by atoms with Crippen LogP contribution in [-0.4, -0.2) is 47.8 Å². The van der Waals surface area contributed by atoms with E-state index in [0.29, 0.717) is 0 Å². The van der Waals surface area contributed by atoms with Gasteiger partial charge in [-0.15, -0.1) is 0 Å². The molecule has 2 aromatic rings. The average molecular weight is 443 g/mol. The van der Waals surface area contributed by atoms with Crippen molar-refractivity contribution in [1.29, 1.82) is 0 Å². The number of non-ortho nitro benzene ring substituents is 2. The van der Waals surface area contributed by atoms with Gasteiger partial charge in [0.1, 0.15) is 5.75 Å². The lowest BCUT2D eigenvalue weighted by Gasteiger charge is -2.19. The summed E-state index contributed by atoms with van der Waals surface area (Å²) in [4.78, 5) is 58.7. The molecule has 32 heavy (non-hydrogen) atoms. The molecule has 1 fully saturated rings. The van der Waals surface area contributed by atoms with E-state index in [2.05, 4.69) is 0 Å². The van der Waals surface area contributed by atoms with Crippen LogP contribution in [0.25, 0.3) is 0 Å². The average Bonchev–Trinajstić information content (AvgIpc) is 3.18. The highest BCUT2D eigenvalue weighted by Crippen LogP contribution is 2.36. The number of nitrogens with zero attached hydrogens (tertiary/aromatic N) is 3. The van der Waals surface area contributed by atoms with Crippen molar-refractivity contribution in [2.45, 2.75) is 6.42 Å². The molecular weight excluding hydrogens is 426 g/mol. The Morgan fingerprint density at radius 1 is 1.06 bits per heavy atom. The van der Waals surface area contributed by atoms with E-state index >= 15 is 0 Å². The van der Waals surface area contributed by atoms with Crippen molar-refractivity contribution in [1.82, 2.24) is 0 Å². The number of esters is 1. The van der Waals surface area contributed by atoms with E-state index in [0.717, 1.165) is 0 Å². The number of hydrogen-bond acceptors (Lipinski definition) is 9. The van der Waals surface area contributed by atoms with Crippen molar-refractivity contribution in [3.63, 3.8) is 0 Å². The molecule has 0 N–H and O–H groups in total. The fourth-order valence-electron chi connectivity index (χ4n) is 3.21. The van der Waals surface area contributed by atoms with Gasteiger partial charge in [-0.3, -0.25) is 34.6 Å². The van der Waals surface area contributed by atoms with E-state index in [1.807, 2.05) is 0 Å². The summed E-state index contributed by atoms with van der Waals surface area (Å²) in [5.74, 6) is -2.44. The van der Waals surface area contributed by atoms with Crippen LogP contribution in [0, 0.1) is 26.1 Å². The van der Waals surface area contributed by atoms with Crippen molar-refractivity contribution >= 4 is 34.7 Å². The van der Waals surface area contributed by atoms with Gasteiger partial charge in [-0.25, -0.2) is 0 Å². The molecule has 0 unspecified atom stereocenters. The Morgan fingerprint density at radius 2 is 1.69 bits per heavy atom. The van der Waals surface area contributed by atoms with Gasteiger partial charge in [-0.1, -0.05) is 0 Å². The molecule has 1 atom stereocenters. The first-order valence-corrected chi connectivity index (χ1v) is 9.28. The first-order chi connectivity index (χ1) is 15.2. The highest BCUT2D eigenvalue weighted by molar-refractivity contribution is 6.01. The molecule has 1 heterocycles. The first kappa shape index (κ1) is 22.3. The lowest BCUT2D eigenvalue weighted by Crippen LogP contribution is -2.27. The Labute approximate surface area is 180 Å². The molecule has 0 radical (unpaired) electrons. The second-order valence-corrected chi connectivity index (χ2v) is 6.85. The van der Waals surface area contributed by atoms with Gasteiger partial charge in [0.2, 0.25) is 5.91 Å². The molecule has 0 saturated carbocycles. The number of anilines is 1. The molecule has 3 rings (SSSR count). The highest BCUT2D eigenvalue weighted by atomic mass is 16.6. The fraction of sp³-hybridized carbons (Fsp3) is 0.250. The molecule has 1 aliphatic heterocycles. The van der Waals surface area contributed by atoms with E-state index in [9.17, 15) is 34.6 Å². The number of hydrogen-bond donors (Lipinski definition) is 0. The van der Waals surface area contributed by atoms with Crippen LogP contribution in [0.4, 0.5) is 17.1 Å². The van der Waals surface area contributed by atoms with Crippen LogP contribution in [0.2, 0.25) is 0 Å². The smallest absolute Gasteiger partial charge is 0.311 e. The molecule has 0 spiro atoms. The molecule has 0 bridgehead atoms. The third kappa shape index (κ3) is 4.69. The third-order valence-corrected chi connectivity index (χ3v) is 4.87. The molecule has 0 aliphatic carbocycles. The van der Waals surface area contributed by atoms with E-state index in [4.69, 9.17) is 9.47 Å². The van der Waals surface area contributed by atoms with Crippen LogP contribution >= 0.6 is 0 Å². The largest absolute Gasteiger partial charge is 0.494 e. The van der Waals surface area contributed by atoms with E-state index in [1.54, 1.807) is 0 Å². The van der Waals surface area contributed by atoms with Crippen molar-refractivity contribution in [2.75, 3.05) is 25.2 Å². The molecule has 166 valence electrons. The summed E-state index contributed by atoms with van der Waals surface area (Å²) in [6.45, 7) is -0.625. The van der Waals surface area contributed by atoms with Crippen LogP contribution < -0.4 is 9.64 Å². The summed E-state index contributed by atoms with van der Waals surface area (Å²) in [6.07, 6.45) is -0.162. The van der Waals surface area contributed by atoms with Gasteiger partial charge in [0.15, 0.2) is 12.4 Å². The summed E-state index contributed by atoms with van der Waals surface area (Å²) >= 11 is 0. The van der Waals surface area contributed by atoms with Crippen LogP contribution in [-0.2, 0) is 14.3 Å². The van der Waals surface area contributed by atoms with Crippen LogP contribution in [0.15, 0.2) is 42.5 Å². The number of rotatable bonds is 8. The number of amides is 1. The molecule has 2 aromatic carbocycles. The molecule has 0 aromatic heterocycles. The molecular formula is C20H17N3O9. The maximum absolute atomic E-state index is 12.4. The number of benzene rings is 2. The highest BCUT2D eigenvalue weighted by Gasteiger charge is 2.37. The SMILES string of the molecule is COc1cc([N+](=O)[O-])ccc1N1C[C@@H](C(=O)OCC(=O)c2ccc([N+](=O)[O-])cc2)CC1=O. The molecule has 1 aliphatic rings. The number of ether oxygens (including phenoxy) is 2. The van der Waals surface area contributed by atoms with Gasteiger partial charge >= 0.3 is 5.97 Å². The Morgan fingerprint density at radius 3 is 2.28 bits per heavy atom. The normalized spacial score (nSPS) is 15.3. The standard InChI is InChI=1S/C20H17N3O9/c1-31-18-9-15(23(29)30)6-7-16(18)21-10-13(8-19(21)25)20(26)32-11-17(24)12-2-4-14(5-3-12)22(27)28/h2-7,9,13H,8,10-11H2,1H3/t13-/m0/s1. The fourth-order valence-corrected chi connectivity index (χ4v) is 3.21. The van der Waals surface area contributed by atoms with Gasteiger partial charge in [0, 0.05) is 36.7 Å². The summed E-state index contributed by atoms with van der Waals surface area (Å²) in [5.41, 5.74) is 0.0336. The lowest BCUT2D eigenvalue weighted by molar-refractivity contribution is -0.385. The number of methoxy groups -OCH3 is 1. The van der Waals surface area contributed by atoms with Crippen molar-refractivity contribution in [3.05, 3.63) is 68.3 Å². The minimum absolute atomic E-state index is 0.0441. The van der Waals surface area contributed by atoms with E-state index < -0.39 is 40.0 Å². The molecule has 1 saturated heterocycles. The second-order valence-electron chi connectivity index (χ2n) is 6.85. The summed E-state index contributed by atoms with van der Waals surface area (Å²) < 4.78 is 10.2. The molecule has 12 nitrogen and oxygen atoms in total. The Kier molecular flexibility index (Phi) is 6.42.